The van der Waals surface area contributed by atoms with Crippen molar-refractivity contribution < 1.29 is 9.53 Å². The van der Waals surface area contributed by atoms with E-state index in [0.717, 1.165) is 16.9 Å². The van der Waals surface area contributed by atoms with Gasteiger partial charge in [0, 0.05) is 18.0 Å². The summed E-state index contributed by atoms with van der Waals surface area (Å²) in [6.45, 7) is 1.88. The highest BCUT2D eigenvalue weighted by molar-refractivity contribution is 5.89. The van der Waals surface area contributed by atoms with Crippen molar-refractivity contribution in [3.05, 3.63) is 59.9 Å². The number of urea groups is 1. The molecule has 0 aliphatic heterocycles. The van der Waals surface area contributed by atoms with E-state index in [2.05, 4.69) is 15.6 Å². The van der Waals surface area contributed by atoms with Crippen LogP contribution in [-0.2, 0) is 0 Å². The zero-order chi connectivity index (χ0) is 15.1. The number of anilines is 1. The van der Waals surface area contributed by atoms with Gasteiger partial charge in [0.05, 0.1) is 7.11 Å². The van der Waals surface area contributed by atoms with Gasteiger partial charge in [0.25, 0.3) is 0 Å². The molecule has 0 bridgehead atoms. The number of nitrogens with zero attached hydrogens (tertiary/aromatic N) is 1. The molecule has 2 N–H and O–H groups in total. The van der Waals surface area contributed by atoms with E-state index >= 15 is 0 Å². The standard InChI is InChI=1S/C16H17N3O2/c1-12-6-5-10-17-15(12)19-16(20)18-11-9-13-7-3-4-8-14(13)21-2/h3-11H,1-2H3,(H2,17,18,19,20)/b11-9+. The molecule has 1 aromatic heterocycles. The van der Waals surface area contributed by atoms with Crippen molar-refractivity contribution in [2.75, 3.05) is 12.4 Å². The van der Waals surface area contributed by atoms with Crippen LogP contribution in [0, 0.1) is 6.92 Å². The van der Waals surface area contributed by atoms with E-state index in [1.54, 1.807) is 25.6 Å². The molecule has 0 saturated carbocycles. The number of nitrogens with one attached hydrogen (secondary N) is 2. The smallest absolute Gasteiger partial charge is 0.324 e. The number of rotatable bonds is 4. The minimum Gasteiger partial charge on any atom is -0.496 e. The van der Waals surface area contributed by atoms with Crippen LogP contribution in [0.3, 0.4) is 0 Å². The van der Waals surface area contributed by atoms with Crippen molar-refractivity contribution in [2.45, 2.75) is 6.92 Å². The van der Waals surface area contributed by atoms with Gasteiger partial charge in [-0.2, -0.15) is 0 Å². The maximum atomic E-state index is 11.8. The summed E-state index contributed by atoms with van der Waals surface area (Å²) in [6, 6.07) is 10.9. The molecular formula is C16H17N3O2. The molecule has 1 aromatic carbocycles. The molecule has 2 rings (SSSR count). The Hall–Kier alpha value is -2.82. The Morgan fingerprint density at radius 1 is 1.24 bits per heavy atom. The highest BCUT2D eigenvalue weighted by atomic mass is 16.5. The molecule has 2 aromatic rings. The molecule has 0 aliphatic carbocycles. The number of carbonyl (C=O) groups excluding carboxylic acids is 1. The first-order valence-electron chi connectivity index (χ1n) is 6.49. The van der Waals surface area contributed by atoms with Crippen molar-refractivity contribution in [2.24, 2.45) is 0 Å². The fourth-order valence-electron chi connectivity index (χ4n) is 1.77. The summed E-state index contributed by atoms with van der Waals surface area (Å²) in [4.78, 5) is 15.9. The van der Waals surface area contributed by atoms with Gasteiger partial charge >= 0.3 is 6.03 Å². The average Bonchev–Trinajstić information content (AvgIpc) is 2.50. The fraction of sp³-hybridized carbons (Fsp3) is 0.125. The zero-order valence-electron chi connectivity index (χ0n) is 12.0. The third-order valence-corrected chi connectivity index (χ3v) is 2.86. The maximum absolute atomic E-state index is 11.8. The summed E-state index contributed by atoms with van der Waals surface area (Å²) in [5, 5.41) is 5.31. The molecule has 5 heteroatoms. The molecule has 0 radical (unpaired) electrons. The van der Waals surface area contributed by atoms with Crippen LogP contribution in [0.1, 0.15) is 11.1 Å². The number of methoxy groups -OCH3 is 1. The first-order valence-corrected chi connectivity index (χ1v) is 6.49. The second kappa shape index (κ2) is 7.09. The van der Waals surface area contributed by atoms with Crippen LogP contribution in [0.25, 0.3) is 6.08 Å². The van der Waals surface area contributed by atoms with Crippen LogP contribution in [0.5, 0.6) is 5.75 Å². The number of pyridine rings is 1. The Morgan fingerprint density at radius 3 is 2.81 bits per heavy atom. The topological polar surface area (TPSA) is 63.2 Å². The predicted molar refractivity (Wildman–Crippen MR) is 83.2 cm³/mol. The van der Waals surface area contributed by atoms with Gasteiger partial charge < -0.3 is 10.1 Å². The van der Waals surface area contributed by atoms with E-state index in [0.29, 0.717) is 5.82 Å². The molecule has 5 nitrogen and oxygen atoms in total. The normalized spacial score (nSPS) is 10.4. The predicted octanol–water partition coefficient (Wildman–Crippen LogP) is 3.19. The van der Waals surface area contributed by atoms with Gasteiger partial charge in [-0.3, -0.25) is 5.32 Å². The number of aromatic nitrogens is 1. The van der Waals surface area contributed by atoms with E-state index in [1.807, 2.05) is 43.3 Å². The Morgan fingerprint density at radius 2 is 2.05 bits per heavy atom. The fourth-order valence-corrected chi connectivity index (χ4v) is 1.77. The third-order valence-electron chi connectivity index (χ3n) is 2.86. The summed E-state index contributed by atoms with van der Waals surface area (Å²) in [7, 11) is 1.61. The van der Waals surface area contributed by atoms with Crippen LogP contribution in [0.2, 0.25) is 0 Å². The lowest BCUT2D eigenvalue weighted by Crippen LogP contribution is -2.24. The van der Waals surface area contributed by atoms with Crippen LogP contribution in [0.15, 0.2) is 48.8 Å². The van der Waals surface area contributed by atoms with Crippen molar-refractivity contribution in [3.63, 3.8) is 0 Å². The lowest BCUT2D eigenvalue weighted by Gasteiger charge is -2.06. The molecule has 0 spiro atoms. The largest absolute Gasteiger partial charge is 0.496 e. The number of benzene rings is 1. The molecule has 108 valence electrons. The number of carbonyl (C=O) groups is 1. The van der Waals surface area contributed by atoms with Crippen molar-refractivity contribution >= 4 is 17.9 Å². The lowest BCUT2D eigenvalue weighted by molar-refractivity contribution is 0.255. The number of ether oxygens (including phenoxy) is 1. The van der Waals surface area contributed by atoms with Crippen molar-refractivity contribution in [1.82, 2.24) is 10.3 Å². The van der Waals surface area contributed by atoms with Gasteiger partial charge in [0.1, 0.15) is 11.6 Å². The minimum atomic E-state index is -0.344. The monoisotopic (exact) mass is 283 g/mol. The molecule has 0 unspecified atom stereocenters. The molecule has 1 heterocycles. The second-order valence-corrected chi connectivity index (χ2v) is 4.34. The van der Waals surface area contributed by atoms with Gasteiger partial charge in [-0.15, -0.1) is 0 Å². The van der Waals surface area contributed by atoms with Crippen LogP contribution in [0.4, 0.5) is 10.6 Å². The Kier molecular flexibility index (Phi) is 4.93. The third kappa shape index (κ3) is 4.07. The number of aryl methyl sites for hydroxylation is 1. The Bertz CT molecular complexity index is 653. The van der Waals surface area contributed by atoms with Gasteiger partial charge in [0.15, 0.2) is 0 Å². The summed E-state index contributed by atoms with van der Waals surface area (Å²) in [6.07, 6.45) is 4.96. The summed E-state index contributed by atoms with van der Waals surface area (Å²) in [5.41, 5.74) is 1.79. The zero-order valence-corrected chi connectivity index (χ0v) is 12.0. The van der Waals surface area contributed by atoms with E-state index in [1.165, 1.54) is 0 Å². The van der Waals surface area contributed by atoms with Gasteiger partial charge in [-0.25, -0.2) is 9.78 Å². The van der Waals surface area contributed by atoms with E-state index < -0.39 is 0 Å². The summed E-state index contributed by atoms with van der Waals surface area (Å²) >= 11 is 0. The van der Waals surface area contributed by atoms with Crippen LogP contribution >= 0.6 is 0 Å². The molecule has 21 heavy (non-hydrogen) atoms. The summed E-state index contributed by atoms with van der Waals surface area (Å²) < 4.78 is 5.22. The van der Waals surface area contributed by atoms with Crippen LogP contribution < -0.4 is 15.4 Å². The molecule has 0 aliphatic rings. The molecular weight excluding hydrogens is 266 g/mol. The highest BCUT2D eigenvalue weighted by Gasteiger charge is 2.03. The Labute approximate surface area is 123 Å². The average molecular weight is 283 g/mol. The number of hydrogen-bond acceptors (Lipinski definition) is 3. The molecule has 0 saturated heterocycles. The number of amides is 2. The number of para-hydroxylation sites is 1. The molecule has 2 amide bonds. The van der Waals surface area contributed by atoms with Crippen molar-refractivity contribution in [3.8, 4) is 5.75 Å². The van der Waals surface area contributed by atoms with Crippen molar-refractivity contribution in [1.29, 1.82) is 0 Å². The van der Waals surface area contributed by atoms with E-state index in [9.17, 15) is 4.79 Å². The van der Waals surface area contributed by atoms with Gasteiger partial charge in [-0.05, 0) is 30.7 Å². The minimum absolute atomic E-state index is 0.344. The molecule has 0 fully saturated rings. The summed E-state index contributed by atoms with van der Waals surface area (Å²) in [5.74, 6) is 1.29. The van der Waals surface area contributed by atoms with Gasteiger partial charge in [-0.1, -0.05) is 24.3 Å². The van der Waals surface area contributed by atoms with E-state index in [4.69, 9.17) is 4.74 Å². The van der Waals surface area contributed by atoms with Crippen LogP contribution in [-0.4, -0.2) is 18.1 Å². The van der Waals surface area contributed by atoms with Gasteiger partial charge in [0.2, 0.25) is 0 Å². The number of hydrogen-bond donors (Lipinski definition) is 2. The van der Waals surface area contributed by atoms with E-state index in [-0.39, 0.29) is 6.03 Å². The Balaban J connectivity index is 1.95. The SMILES string of the molecule is COc1ccccc1/C=C/NC(=O)Nc1ncccc1C. The maximum Gasteiger partial charge on any atom is 0.324 e. The highest BCUT2D eigenvalue weighted by Crippen LogP contribution is 2.18. The quantitative estimate of drug-likeness (QED) is 0.905. The first kappa shape index (κ1) is 14.6. The first-order chi connectivity index (χ1) is 10.2. The lowest BCUT2D eigenvalue weighted by atomic mass is 10.2. The second-order valence-electron chi connectivity index (χ2n) is 4.34. The molecule has 0 atom stereocenters.